The molecule has 0 radical (unpaired) electrons. The maximum atomic E-state index is 3.36. The lowest BCUT2D eigenvalue weighted by Crippen LogP contribution is -2.08. The minimum Gasteiger partial charge on any atom is -0.316 e. The molecule has 1 saturated heterocycles. The summed E-state index contributed by atoms with van der Waals surface area (Å²) in [5.74, 6) is 1.57. The lowest BCUT2D eigenvalue weighted by molar-refractivity contribution is 0.595. The van der Waals surface area contributed by atoms with Gasteiger partial charge >= 0.3 is 0 Å². The first kappa shape index (κ1) is 5.24. The van der Waals surface area contributed by atoms with Gasteiger partial charge in [-0.3, -0.25) is 0 Å². The summed E-state index contributed by atoms with van der Waals surface area (Å²) in [6.07, 6.45) is 8.89. The highest BCUT2D eigenvalue weighted by molar-refractivity contribution is 5.16. The fourth-order valence-electron chi connectivity index (χ4n) is 1.55. The number of fused-ring (bicyclic) bond motifs is 1. The molecule has 0 spiro atoms. The van der Waals surface area contributed by atoms with Crippen LogP contribution in [0.2, 0.25) is 0 Å². The maximum absolute atomic E-state index is 3.36. The Morgan fingerprint density at radius 2 is 1.56 bits per heavy atom. The zero-order valence-electron chi connectivity index (χ0n) is 5.38. The van der Waals surface area contributed by atoms with E-state index in [9.17, 15) is 0 Å². The van der Waals surface area contributed by atoms with E-state index in [4.69, 9.17) is 0 Å². The minimum absolute atomic E-state index is 0.787. The van der Waals surface area contributed by atoms with Gasteiger partial charge in [0.25, 0.3) is 0 Å². The highest BCUT2D eigenvalue weighted by Gasteiger charge is 2.22. The maximum Gasteiger partial charge on any atom is 0.00207 e. The Morgan fingerprint density at radius 3 is 2.11 bits per heavy atom. The first-order chi connectivity index (χ1) is 4.47. The standard InChI is InChI=1S/C8H11N/c1-2-4-8-6-9-5-7(8)3-1/h1-4,7-9H,5-6H2/t7-,8-/m1/s1. The van der Waals surface area contributed by atoms with Gasteiger partial charge in [-0.2, -0.15) is 0 Å². The molecule has 0 bridgehead atoms. The molecule has 1 aliphatic heterocycles. The van der Waals surface area contributed by atoms with E-state index in [1.165, 1.54) is 13.1 Å². The average Bonchev–Trinajstić information content (AvgIpc) is 2.33. The van der Waals surface area contributed by atoms with E-state index in [-0.39, 0.29) is 0 Å². The summed E-state index contributed by atoms with van der Waals surface area (Å²) in [5.41, 5.74) is 0. The Morgan fingerprint density at radius 1 is 1.00 bits per heavy atom. The fraction of sp³-hybridized carbons (Fsp3) is 0.500. The Labute approximate surface area is 55.5 Å². The topological polar surface area (TPSA) is 12.0 Å². The summed E-state index contributed by atoms with van der Waals surface area (Å²) in [4.78, 5) is 0. The largest absolute Gasteiger partial charge is 0.316 e. The highest BCUT2D eigenvalue weighted by atomic mass is 14.9. The van der Waals surface area contributed by atoms with Crippen molar-refractivity contribution < 1.29 is 0 Å². The second-order valence-corrected chi connectivity index (χ2v) is 2.76. The van der Waals surface area contributed by atoms with Crippen LogP contribution in [0, 0.1) is 11.8 Å². The highest BCUT2D eigenvalue weighted by Crippen LogP contribution is 2.22. The SMILES string of the molecule is C1=C[C@@H]2CNC[C@H]2C=C1. The Bertz CT molecular complexity index is 140. The van der Waals surface area contributed by atoms with Crippen molar-refractivity contribution in [2.45, 2.75) is 0 Å². The second kappa shape index (κ2) is 1.99. The van der Waals surface area contributed by atoms with Crippen LogP contribution in [-0.2, 0) is 0 Å². The fourth-order valence-corrected chi connectivity index (χ4v) is 1.55. The quantitative estimate of drug-likeness (QED) is 0.503. The predicted molar refractivity (Wildman–Crippen MR) is 38.1 cm³/mol. The normalized spacial score (nSPS) is 39.1. The van der Waals surface area contributed by atoms with Gasteiger partial charge in [-0.05, 0) is 11.8 Å². The molecular weight excluding hydrogens is 110 g/mol. The molecule has 0 saturated carbocycles. The molecule has 1 fully saturated rings. The molecule has 1 heteroatoms. The van der Waals surface area contributed by atoms with Crippen molar-refractivity contribution in [2.75, 3.05) is 13.1 Å². The van der Waals surface area contributed by atoms with E-state index >= 15 is 0 Å². The summed E-state index contributed by atoms with van der Waals surface area (Å²) in [6, 6.07) is 0. The van der Waals surface area contributed by atoms with Crippen LogP contribution in [0.25, 0.3) is 0 Å². The Balaban J connectivity index is 2.18. The van der Waals surface area contributed by atoms with E-state index in [0.29, 0.717) is 0 Å². The van der Waals surface area contributed by atoms with Crippen LogP contribution in [0.4, 0.5) is 0 Å². The van der Waals surface area contributed by atoms with Gasteiger partial charge < -0.3 is 5.32 Å². The van der Waals surface area contributed by atoms with Crippen molar-refractivity contribution >= 4 is 0 Å². The van der Waals surface area contributed by atoms with Crippen LogP contribution in [0.15, 0.2) is 24.3 Å². The van der Waals surface area contributed by atoms with Crippen molar-refractivity contribution in [3.8, 4) is 0 Å². The Hall–Kier alpha value is -0.560. The second-order valence-electron chi connectivity index (χ2n) is 2.76. The van der Waals surface area contributed by atoms with Crippen LogP contribution in [0.3, 0.4) is 0 Å². The minimum atomic E-state index is 0.787. The lowest BCUT2D eigenvalue weighted by atomic mass is 9.92. The molecule has 1 heterocycles. The molecule has 0 aromatic carbocycles. The third kappa shape index (κ3) is 0.815. The molecule has 0 aromatic heterocycles. The molecule has 0 amide bonds. The van der Waals surface area contributed by atoms with Crippen molar-refractivity contribution in [3.63, 3.8) is 0 Å². The first-order valence-electron chi connectivity index (χ1n) is 3.52. The summed E-state index contributed by atoms with van der Waals surface area (Å²) >= 11 is 0. The van der Waals surface area contributed by atoms with E-state index in [1.807, 2.05) is 0 Å². The van der Waals surface area contributed by atoms with Gasteiger partial charge in [0.1, 0.15) is 0 Å². The van der Waals surface area contributed by atoms with Crippen LogP contribution in [0.5, 0.6) is 0 Å². The van der Waals surface area contributed by atoms with Crippen LogP contribution < -0.4 is 5.32 Å². The third-order valence-corrected chi connectivity index (χ3v) is 2.14. The van der Waals surface area contributed by atoms with Gasteiger partial charge in [0.05, 0.1) is 0 Å². The van der Waals surface area contributed by atoms with E-state index < -0.39 is 0 Å². The van der Waals surface area contributed by atoms with Crippen LogP contribution in [-0.4, -0.2) is 13.1 Å². The number of hydrogen-bond acceptors (Lipinski definition) is 1. The van der Waals surface area contributed by atoms with Gasteiger partial charge in [0, 0.05) is 13.1 Å². The summed E-state index contributed by atoms with van der Waals surface area (Å²) in [5, 5.41) is 3.36. The van der Waals surface area contributed by atoms with Gasteiger partial charge in [0.2, 0.25) is 0 Å². The summed E-state index contributed by atoms with van der Waals surface area (Å²) < 4.78 is 0. The molecular formula is C8H11N. The summed E-state index contributed by atoms with van der Waals surface area (Å²) in [7, 11) is 0. The van der Waals surface area contributed by atoms with E-state index in [0.717, 1.165) is 11.8 Å². The molecule has 2 aliphatic rings. The van der Waals surface area contributed by atoms with E-state index in [2.05, 4.69) is 29.6 Å². The average molecular weight is 121 g/mol. The van der Waals surface area contributed by atoms with Crippen molar-refractivity contribution in [1.82, 2.24) is 5.32 Å². The number of rotatable bonds is 0. The predicted octanol–water partition coefficient (Wildman–Crippen LogP) is 0.948. The van der Waals surface area contributed by atoms with Gasteiger partial charge in [-0.25, -0.2) is 0 Å². The van der Waals surface area contributed by atoms with Gasteiger partial charge in [-0.1, -0.05) is 24.3 Å². The zero-order chi connectivity index (χ0) is 6.10. The molecule has 48 valence electrons. The van der Waals surface area contributed by atoms with Crippen LogP contribution in [0.1, 0.15) is 0 Å². The Kier molecular flexibility index (Phi) is 1.16. The molecule has 1 aliphatic carbocycles. The summed E-state index contributed by atoms with van der Waals surface area (Å²) in [6.45, 7) is 2.34. The van der Waals surface area contributed by atoms with Crippen molar-refractivity contribution in [2.24, 2.45) is 11.8 Å². The number of nitrogens with one attached hydrogen (secondary N) is 1. The third-order valence-electron chi connectivity index (χ3n) is 2.14. The molecule has 0 aromatic rings. The molecule has 2 rings (SSSR count). The van der Waals surface area contributed by atoms with E-state index in [1.54, 1.807) is 0 Å². The van der Waals surface area contributed by atoms with Gasteiger partial charge in [0.15, 0.2) is 0 Å². The molecule has 9 heavy (non-hydrogen) atoms. The zero-order valence-corrected chi connectivity index (χ0v) is 5.38. The molecule has 0 unspecified atom stereocenters. The van der Waals surface area contributed by atoms with Crippen LogP contribution >= 0.6 is 0 Å². The smallest absolute Gasteiger partial charge is 0.00207 e. The molecule has 1 N–H and O–H groups in total. The number of hydrogen-bond donors (Lipinski definition) is 1. The van der Waals surface area contributed by atoms with Crippen molar-refractivity contribution in [3.05, 3.63) is 24.3 Å². The van der Waals surface area contributed by atoms with Gasteiger partial charge in [-0.15, -0.1) is 0 Å². The molecule has 2 atom stereocenters. The number of allylic oxidation sites excluding steroid dienone is 2. The first-order valence-corrected chi connectivity index (χ1v) is 3.52. The lowest BCUT2D eigenvalue weighted by Gasteiger charge is -2.11. The monoisotopic (exact) mass is 121 g/mol. The molecule has 1 nitrogen and oxygen atoms in total. The van der Waals surface area contributed by atoms with Crippen molar-refractivity contribution in [1.29, 1.82) is 0 Å².